The van der Waals surface area contributed by atoms with Gasteiger partial charge in [-0.1, -0.05) is 6.92 Å². The molecular weight excluding hydrogens is 473 g/mol. The molecule has 2 N–H and O–H groups in total. The van der Waals surface area contributed by atoms with Crippen LogP contribution in [0.25, 0.3) is 16.9 Å². The first-order valence-corrected chi connectivity index (χ1v) is 12.2. The standard InChI is InChI=1S/C27H32FN7O2/c1-6-34(27(2,3)4)14-12-29-25(36)19-7-8-20(28)21(15-19)32-26(37)23-17-30-24-16-18(10-13-35(23)24)22-9-11-31-33(22)5/h7-11,13,15-17H,6,12,14H2,1-5H3,(H,29,36)(H,32,37). The molecule has 0 atom stereocenters. The van der Waals surface area contributed by atoms with E-state index in [2.05, 4.69) is 53.3 Å². The molecule has 3 aromatic heterocycles. The first kappa shape index (κ1) is 26.0. The van der Waals surface area contributed by atoms with Crippen LogP contribution in [0.4, 0.5) is 10.1 Å². The number of aryl methyl sites for hydroxylation is 1. The Morgan fingerprint density at radius 2 is 1.89 bits per heavy atom. The number of anilines is 1. The predicted molar refractivity (Wildman–Crippen MR) is 141 cm³/mol. The summed E-state index contributed by atoms with van der Waals surface area (Å²) in [6, 6.07) is 9.50. The SMILES string of the molecule is CCN(CCNC(=O)c1ccc(F)c(NC(=O)c2cnc3cc(-c4ccnn4C)ccn23)c1)C(C)(C)C. The molecule has 0 bridgehead atoms. The van der Waals surface area contributed by atoms with Crippen LogP contribution in [0.15, 0.2) is 55.0 Å². The Labute approximate surface area is 215 Å². The second-order valence-corrected chi connectivity index (χ2v) is 9.78. The number of hydrogen-bond acceptors (Lipinski definition) is 5. The molecule has 0 saturated heterocycles. The molecule has 0 aliphatic carbocycles. The molecule has 194 valence electrons. The summed E-state index contributed by atoms with van der Waals surface area (Å²) in [5.74, 6) is -1.51. The molecule has 0 saturated carbocycles. The van der Waals surface area contributed by atoms with Crippen molar-refractivity contribution in [2.45, 2.75) is 33.2 Å². The smallest absolute Gasteiger partial charge is 0.274 e. The van der Waals surface area contributed by atoms with Gasteiger partial charge in [-0.3, -0.25) is 23.6 Å². The van der Waals surface area contributed by atoms with Crippen molar-refractivity contribution in [2.75, 3.05) is 25.0 Å². The van der Waals surface area contributed by atoms with E-state index in [9.17, 15) is 14.0 Å². The van der Waals surface area contributed by atoms with Crippen molar-refractivity contribution in [3.63, 3.8) is 0 Å². The molecule has 1 aromatic carbocycles. The second kappa shape index (κ2) is 10.5. The molecule has 3 heterocycles. The molecule has 9 nitrogen and oxygen atoms in total. The summed E-state index contributed by atoms with van der Waals surface area (Å²) in [4.78, 5) is 32.3. The van der Waals surface area contributed by atoms with E-state index in [1.807, 2.05) is 25.2 Å². The number of nitrogens with zero attached hydrogens (tertiary/aromatic N) is 5. The van der Waals surface area contributed by atoms with Crippen molar-refractivity contribution in [1.82, 2.24) is 29.4 Å². The van der Waals surface area contributed by atoms with Gasteiger partial charge in [-0.2, -0.15) is 5.10 Å². The highest BCUT2D eigenvalue weighted by atomic mass is 19.1. The van der Waals surface area contributed by atoms with Crippen LogP contribution in [0.3, 0.4) is 0 Å². The molecular formula is C27H32FN7O2. The maximum absolute atomic E-state index is 14.5. The molecule has 4 rings (SSSR count). The lowest BCUT2D eigenvalue weighted by atomic mass is 10.1. The Bertz CT molecular complexity index is 1430. The number of likely N-dealkylation sites (N-methyl/N-ethyl adjacent to an activating group) is 1. The molecule has 37 heavy (non-hydrogen) atoms. The number of amides is 2. The van der Waals surface area contributed by atoms with E-state index in [1.165, 1.54) is 24.4 Å². The van der Waals surface area contributed by atoms with Crippen LogP contribution in [0.2, 0.25) is 0 Å². The third-order valence-electron chi connectivity index (χ3n) is 6.34. The van der Waals surface area contributed by atoms with Crippen LogP contribution < -0.4 is 10.6 Å². The first-order valence-electron chi connectivity index (χ1n) is 12.2. The molecule has 0 unspecified atom stereocenters. The quantitative estimate of drug-likeness (QED) is 0.378. The summed E-state index contributed by atoms with van der Waals surface area (Å²) in [5, 5.41) is 9.63. The van der Waals surface area contributed by atoms with Gasteiger partial charge in [0.2, 0.25) is 0 Å². The van der Waals surface area contributed by atoms with E-state index >= 15 is 0 Å². The van der Waals surface area contributed by atoms with Crippen LogP contribution in [-0.4, -0.2) is 61.1 Å². The number of fused-ring (bicyclic) bond motifs is 1. The van der Waals surface area contributed by atoms with Gasteiger partial charge in [-0.15, -0.1) is 0 Å². The number of hydrogen-bond donors (Lipinski definition) is 2. The number of pyridine rings is 1. The lowest BCUT2D eigenvalue weighted by molar-refractivity contribution is 0.0930. The Morgan fingerprint density at radius 1 is 1.11 bits per heavy atom. The average molecular weight is 506 g/mol. The van der Waals surface area contributed by atoms with Crippen LogP contribution in [-0.2, 0) is 7.05 Å². The summed E-state index contributed by atoms with van der Waals surface area (Å²) in [7, 11) is 1.85. The average Bonchev–Trinajstić information content (AvgIpc) is 3.47. The highest BCUT2D eigenvalue weighted by Gasteiger charge is 2.20. The first-order chi connectivity index (χ1) is 17.6. The van der Waals surface area contributed by atoms with E-state index < -0.39 is 11.7 Å². The number of nitrogens with one attached hydrogen (secondary N) is 2. The number of carbonyl (C=O) groups excluding carboxylic acids is 2. The second-order valence-electron chi connectivity index (χ2n) is 9.78. The van der Waals surface area contributed by atoms with Crippen molar-refractivity contribution >= 4 is 23.1 Å². The fourth-order valence-electron chi connectivity index (χ4n) is 4.29. The summed E-state index contributed by atoms with van der Waals surface area (Å²) >= 11 is 0. The molecule has 0 aliphatic heterocycles. The maximum Gasteiger partial charge on any atom is 0.274 e. The normalized spacial score (nSPS) is 11.8. The number of aromatic nitrogens is 4. The molecule has 4 aromatic rings. The highest BCUT2D eigenvalue weighted by molar-refractivity contribution is 6.04. The topological polar surface area (TPSA) is 96.6 Å². The van der Waals surface area contributed by atoms with Gasteiger partial charge < -0.3 is 10.6 Å². The fourth-order valence-corrected chi connectivity index (χ4v) is 4.29. The van der Waals surface area contributed by atoms with Crippen molar-refractivity contribution in [1.29, 1.82) is 0 Å². The monoisotopic (exact) mass is 505 g/mol. The minimum absolute atomic E-state index is 0.00917. The van der Waals surface area contributed by atoms with Gasteiger partial charge >= 0.3 is 0 Å². The van der Waals surface area contributed by atoms with Gasteiger partial charge in [0, 0.05) is 49.2 Å². The van der Waals surface area contributed by atoms with Crippen molar-refractivity contribution in [3.05, 3.63) is 72.1 Å². The fraction of sp³-hybridized carbons (Fsp3) is 0.333. The van der Waals surface area contributed by atoms with Crippen molar-refractivity contribution in [3.8, 4) is 11.3 Å². The van der Waals surface area contributed by atoms with Crippen molar-refractivity contribution in [2.24, 2.45) is 7.05 Å². The van der Waals surface area contributed by atoms with Gasteiger partial charge in [0.15, 0.2) is 0 Å². The van der Waals surface area contributed by atoms with E-state index in [0.29, 0.717) is 18.7 Å². The number of rotatable bonds is 8. The Kier molecular flexibility index (Phi) is 7.40. The van der Waals surface area contributed by atoms with Gasteiger partial charge in [0.1, 0.15) is 17.2 Å². The zero-order valence-corrected chi connectivity index (χ0v) is 21.7. The minimum Gasteiger partial charge on any atom is -0.351 e. The summed E-state index contributed by atoms with van der Waals surface area (Å²) in [6.07, 6.45) is 4.87. The Hall–Kier alpha value is -4.05. The van der Waals surface area contributed by atoms with E-state index in [0.717, 1.165) is 17.8 Å². The molecule has 2 amide bonds. The third kappa shape index (κ3) is 5.69. The van der Waals surface area contributed by atoms with E-state index in [-0.39, 0.29) is 28.4 Å². The Balaban J connectivity index is 1.46. The molecule has 0 fully saturated rings. The maximum atomic E-state index is 14.5. The summed E-state index contributed by atoms with van der Waals surface area (Å²) in [5.41, 5.74) is 2.79. The van der Waals surface area contributed by atoms with Crippen LogP contribution >= 0.6 is 0 Å². The van der Waals surface area contributed by atoms with Gasteiger partial charge in [-0.25, -0.2) is 9.37 Å². The molecule has 0 spiro atoms. The van der Waals surface area contributed by atoms with E-state index in [4.69, 9.17) is 0 Å². The summed E-state index contributed by atoms with van der Waals surface area (Å²) in [6.45, 7) is 10.4. The van der Waals surface area contributed by atoms with Crippen molar-refractivity contribution < 1.29 is 14.0 Å². The van der Waals surface area contributed by atoms with E-state index in [1.54, 1.807) is 21.5 Å². The third-order valence-corrected chi connectivity index (χ3v) is 6.34. The Morgan fingerprint density at radius 3 is 2.57 bits per heavy atom. The zero-order chi connectivity index (χ0) is 26.7. The number of halogens is 1. The predicted octanol–water partition coefficient (Wildman–Crippen LogP) is 3.98. The lowest BCUT2D eigenvalue weighted by Gasteiger charge is -2.34. The minimum atomic E-state index is -0.637. The summed E-state index contributed by atoms with van der Waals surface area (Å²) < 4.78 is 17.9. The molecule has 0 radical (unpaired) electrons. The van der Waals surface area contributed by atoms with Gasteiger partial charge in [0.05, 0.1) is 17.6 Å². The number of imidazole rings is 1. The van der Waals surface area contributed by atoms with Gasteiger partial charge in [-0.05, 0) is 63.7 Å². The van der Waals surface area contributed by atoms with Crippen LogP contribution in [0.1, 0.15) is 48.5 Å². The molecule has 10 heteroatoms. The lowest BCUT2D eigenvalue weighted by Crippen LogP contribution is -2.45. The van der Waals surface area contributed by atoms with Crippen LogP contribution in [0.5, 0.6) is 0 Å². The highest BCUT2D eigenvalue weighted by Crippen LogP contribution is 2.22. The number of carbonyl (C=O) groups is 2. The van der Waals surface area contributed by atoms with Crippen LogP contribution in [0, 0.1) is 5.82 Å². The number of benzene rings is 1. The molecule has 0 aliphatic rings. The zero-order valence-electron chi connectivity index (χ0n) is 21.7. The van der Waals surface area contributed by atoms with Gasteiger partial charge in [0.25, 0.3) is 11.8 Å². The largest absolute Gasteiger partial charge is 0.351 e.